The molecule has 0 fully saturated rings. The molecule has 2 N–H and O–H groups in total. The molecule has 2 heterocycles. The van der Waals surface area contributed by atoms with Crippen molar-refractivity contribution < 1.29 is 28.6 Å². The third-order valence-electron chi connectivity index (χ3n) is 4.06. The monoisotopic (exact) mass is 441 g/mol. The molecule has 0 saturated carbocycles. The van der Waals surface area contributed by atoms with E-state index in [0.717, 1.165) is 11.8 Å². The highest BCUT2D eigenvalue weighted by Crippen LogP contribution is 2.34. The number of nitrogens with zero attached hydrogens (tertiary/aromatic N) is 1. The first-order valence-electron chi connectivity index (χ1n) is 8.52. The van der Waals surface area contributed by atoms with Crippen molar-refractivity contribution in [2.24, 2.45) is 0 Å². The summed E-state index contributed by atoms with van der Waals surface area (Å²) in [5.74, 6) is -1.71. The molecule has 2 aromatic heterocycles. The number of carbonyl (C=O) groups is 2. The Morgan fingerprint density at radius 1 is 1.03 bits per heavy atom. The SMILES string of the molecule is O=C(O)/C(=C/c1ccc(-c2cc(C(=O)O)ccc2Cl)o1)Sc1nc2ccccc2o1. The molecule has 0 amide bonds. The predicted molar refractivity (Wildman–Crippen MR) is 112 cm³/mol. The van der Waals surface area contributed by atoms with Gasteiger partial charge in [-0.3, -0.25) is 0 Å². The van der Waals surface area contributed by atoms with Gasteiger partial charge in [-0.15, -0.1) is 0 Å². The molecule has 0 unspecified atom stereocenters. The summed E-state index contributed by atoms with van der Waals surface area (Å²) >= 11 is 7.01. The van der Waals surface area contributed by atoms with Crippen LogP contribution in [0.15, 0.2) is 73.6 Å². The Labute approximate surface area is 178 Å². The van der Waals surface area contributed by atoms with Crippen LogP contribution in [0.25, 0.3) is 28.5 Å². The third-order valence-corrected chi connectivity index (χ3v) is 5.25. The number of aromatic carboxylic acids is 1. The number of fused-ring (bicyclic) bond motifs is 1. The number of para-hydroxylation sites is 2. The Kier molecular flexibility index (Phi) is 5.35. The van der Waals surface area contributed by atoms with Gasteiger partial charge in [0.05, 0.1) is 10.6 Å². The third kappa shape index (κ3) is 4.10. The summed E-state index contributed by atoms with van der Waals surface area (Å²) < 4.78 is 11.2. The van der Waals surface area contributed by atoms with E-state index >= 15 is 0 Å². The maximum atomic E-state index is 11.7. The van der Waals surface area contributed by atoms with Gasteiger partial charge in [-0.25, -0.2) is 14.6 Å². The van der Waals surface area contributed by atoms with Crippen molar-refractivity contribution in [2.75, 3.05) is 0 Å². The molecule has 0 aliphatic carbocycles. The van der Waals surface area contributed by atoms with Crippen LogP contribution in [0, 0.1) is 0 Å². The van der Waals surface area contributed by atoms with Gasteiger partial charge in [-0.1, -0.05) is 23.7 Å². The fourth-order valence-corrected chi connectivity index (χ4v) is 3.61. The number of halogens is 1. The number of rotatable bonds is 6. The molecule has 2 aromatic carbocycles. The fourth-order valence-electron chi connectivity index (χ4n) is 2.68. The van der Waals surface area contributed by atoms with Crippen LogP contribution in [-0.2, 0) is 4.79 Å². The topological polar surface area (TPSA) is 114 Å². The van der Waals surface area contributed by atoms with Crippen LogP contribution in [0.2, 0.25) is 5.02 Å². The Hall–Kier alpha value is -3.49. The lowest BCUT2D eigenvalue weighted by atomic mass is 10.1. The number of carboxylic acid groups (broad SMARTS) is 2. The molecule has 0 atom stereocenters. The molecular weight excluding hydrogens is 430 g/mol. The maximum Gasteiger partial charge on any atom is 0.342 e. The van der Waals surface area contributed by atoms with Crippen molar-refractivity contribution in [2.45, 2.75) is 5.22 Å². The van der Waals surface area contributed by atoms with E-state index in [0.29, 0.717) is 27.4 Å². The second-order valence-corrected chi connectivity index (χ2v) is 7.47. The van der Waals surface area contributed by atoms with E-state index in [2.05, 4.69) is 4.98 Å². The molecule has 0 radical (unpaired) electrons. The Bertz CT molecular complexity index is 1270. The van der Waals surface area contributed by atoms with Gasteiger partial charge in [0, 0.05) is 11.6 Å². The minimum atomic E-state index is -1.17. The lowest BCUT2D eigenvalue weighted by Crippen LogP contribution is -1.96. The first-order chi connectivity index (χ1) is 14.4. The first kappa shape index (κ1) is 19.8. The molecule has 0 aliphatic heterocycles. The van der Waals surface area contributed by atoms with Crippen molar-refractivity contribution in [1.29, 1.82) is 0 Å². The summed E-state index contributed by atoms with van der Waals surface area (Å²) in [5.41, 5.74) is 1.62. The molecule has 30 heavy (non-hydrogen) atoms. The number of aromatic nitrogens is 1. The predicted octanol–water partition coefficient (Wildman–Crippen LogP) is 5.66. The smallest absolute Gasteiger partial charge is 0.342 e. The lowest BCUT2D eigenvalue weighted by Gasteiger charge is -2.02. The lowest BCUT2D eigenvalue weighted by molar-refractivity contribution is -0.131. The maximum absolute atomic E-state index is 11.7. The van der Waals surface area contributed by atoms with Gasteiger partial charge in [0.1, 0.15) is 21.9 Å². The molecule has 4 aromatic rings. The van der Waals surface area contributed by atoms with Gasteiger partial charge in [0.2, 0.25) is 0 Å². The van der Waals surface area contributed by atoms with Crippen LogP contribution in [0.1, 0.15) is 16.1 Å². The van der Waals surface area contributed by atoms with Crippen molar-refractivity contribution in [3.63, 3.8) is 0 Å². The Morgan fingerprint density at radius 3 is 2.57 bits per heavy atom. The minimum absolute atomic E-state index is 0.0561. The van der Waals surface area contributed by atoms with E-state index in [9.17, 15) is 14.7 Å². The number of aliphatic carboxylic acids is 1. The van der Waals surface area contributed by atoms with Crippen LogP contribution in [0.4, 0.5) is 0 Å². The second kappa shape index (κ2) is 8.10. The highest BCUT2D eigenvalue weighted by atomic mass is 35.5. The fraction of sp³-hybridized carbons (Fsp3) is 0. The second-order valence-electron chi connectivity index (χ2n) is 6.07. The summed E-state index contributed by atoms with van der Waals surface area (Å²) in [6.07, 6.45) is 1.33. The average molecular weight is 442 g/mol. The zero-order chi connectivity index (χ0) is 21.3. The minimum Gasteiger partial charge on any atom is -0.478 e. The Morgan fingerprint density at radius 2 is 1.83 bits per heavy atom. The van der Waals surface area contributed by atoms with E-state index in [-0.39, 0.29) is 21.5 Å². The van der Waals surface area contributed by atoms with Crippen LogP contribution in [0.5, 0.6) is 0 Å². The zero-order valence-electron chi connectivity index (χ0n) is 15.0. The van der Waals surface area contributed by atoms with Gasteiger partial charge < -0.3 is 19.0 Å². The van der Waals surface area contributed by atoms with Crippen molar-refractivity contribution in [3.8, 4) is 11.3 Å². The number of furan rings is 1. The first-order valence-corrected chi connectivity index (χ1v) is 9.71. The van der Waals surface area contributed by atoms with Gasteiger partial charge in [0.15, 0.2) is 5.58 Å². The molecule has 0 saturated heterocycles. The van der Waals surface area contributed by atoms with Crippen LogP contribution >= 0.6 is 23.4 Å². The van der Waals surface area contributed by atoms with E-state index in [1.807, 2.05) is 6.07 Å². The van der Waals surface area contributed by atoms with Crippen molar-refractivity contribution >= 4 is 52.5 Å². The van der Waals surface area contributed by atoms with E-state index in [4.69, 9.17) is 25.5 Å². The van der Waals surface area contributed by atoms with Gasteiger partial charge in [-0.2, -0.15) is 0 Å². The molecule has 0 spiro atoms. The van der Waals surface area contributed by atoms with Gasteiger partial charge in [0.25, 0.3) is 5.22 Å². The van der Waals surface area contributed by atoms with Crippen molar-refractivity contribution in [3.05, 3.63) is 75.8 Å². The normalized spacial score (nSPS) is 11.7. The summed E-state index contributed by atoms with van der Waals surface area (Å²) in [5, 5.41) is 19.2. The standard InChI is InChI=1S/C21H12ClNO6S/c22-14-7-5-11(19(24)25)9-13(14)16-8-6-12(28-16)10-18(20(26)27)30-21-23-15-3-1-2-4-17(15)29-21/h1-10H,(H,24,25)(H,26,27)/b18-10-. The highest BCUT2D eigenvalue weighted by Gasteiger charge is 2.17. The number of oxazole rings is 1. The van der Waals surface area contributed by atoms with Gasteiger partial charge in [-0.05, 0) is 54.2 Å². The van der Waals surface area contributed by atoms with Gasteiger partial charge >= 0.3 is 11.9 Å². The van der Waals surface area contributed by atoms with Crippen LogP contribution in [-0.4, -0.2) is 27.1 Å². The molecular formula is C21H12ClNO6S. The largest absolute Gasteiger partial charge is 0.478 e. The summed E-state index contributed by atoms with van der Waals surface area (Å²) in [7, 11) is 0. The average Bonchev–Trinajstić information content (AvgIpc) is 3.34. The molecule has 4 rings (SSSR count). The van der Waals surface area contributed by atoms with Crippen LogP contribution in [0.3, 0.4) is 0 Å². The van der Waals surface area contributed by atoms with Crippen LogP contribution < -0.4 is 0 Å². The number of carboxylic acids is 2. The number of hydrogen-bond acceptors (Lipinski definition) is 6. The van der Waals surface area contributed by atoms with E-state index in [1.165, 1.54) is 24.3 Å². The quantitative estimate of drug-likeness (QED) is 0.291. The van der Waals surface area contributed by atoms with Crippen molar-refractivity contribution in [1.82, 2.24) is 4.98 Å². The number of benzene rings is 2. The number of thioether (sulfide) groups is 1. The highest BCUT2D eigenvalue weighted by molar-refractivity contribution is 8.03. The summed E-state index contributed by atoms with van der Waals surface area (Å²) in [6.45, 7) is 0. The molecule has 7 nitrogen and oxygen atoms in total. The van der Waals surface area contributed by atoms with E-state index < -0.39 is 11.9 Å². The molecule has 0 bridgehead atoms. The molecule has 9 heteroatoms. The molecule has 0 aliphatic rings. The summed E-state index contributed by atoms with van der Waals surface area (Å²) in [4.78, 5) is 27.1. The Balaban J connectivity index is 1.64. The molecule has 150 valence electrons. The summed E-state index contributed by atoms with van der Waals surface area (Å²) in [6, 6.07) is 14.5. The zero-order valence-corrected chi connectivity index (χ0v) is 16.6. The van der Waals surface area contributed by atoms with E-state index in [1.54, 1.807) is 30.3 Å². The number of hydrogen-bond donors (Lipinski definition) is 2.